The van der Waals surface area contributed by atoms with Crippen LogP contribution in [0.25, 0.3) is 22.2 Å². The van der Waals surface area contributed by atoms with Crippen LogP contribution in [0, 0.1) is 11.3 Å². The Morgan fingerprint density at radius 1 is 0.926 bits per heavy atom. The van der Waals surface area contributed by atoms with Crippen LogP contribution < -0.4 is 4.74 Å². The number of fused-ring (bicyclic) bond motifs is 1. The molecule has 4 heteroatoms. The van der Waals surface area contributed by atoms with Crippen molar-refractivity contribution in [1.82, 2.24) is 4.98 Å². The van der Waals surface area contributed by atoms with Crippen molar-refractivity contribution in [3.05, 3.63) is 90.0 Å². The molecule has 0 fully saturated rings. The van der Waals surface area contributed by atoms with Crippen molar-refractivity contribution < 1.29 is 9.53 Å². The van der Waals surface area contributed by atoms with Gasteiger partial charge in [-0.05, 0) is 35.9 Å². The van der Waals surface area contributed by atoms with Crippen molar-refractivity contribution in [1.29, 1.82) is 5.26 Å². The van der Waals surface area contributed by atoms with Crippen molar-refractivity contribution >= 4 is 16.7 Å². The van der Waals surface area contributed by atoms with E-state index in [9.17, 15) is 4.79 Å². The summed E-state index contributed by atoms with van der Waals surface area (Å²) >= 11 is 0. The molecule has 0 aliphatic heterocycles. The number of carbonyl (C=O) groups is 1. The number of rotatable bonds is 5. The number of ketones is 1. The minimum atomic E-state index is -0.101. The van der Waals surface area contributed by atoms with E-state index in [0.29, 0.717) is 16.9 Å². The number of H-pyrrole nitrogens is 1. The van der Waals surface area contributed by atoms with E-state index in [4.69, 9.17) is 10.00 Å². The molecule has 0 atom stereocenters. The van der Waals surface area contributed by atoms with Crippen LogP contribution in [0.1, 0.15) is 15.9 Å². The minimum Gasteiger partial charge on any atom is -0.485 e. The number of aromatic nitrogens is 1. The highest BCUT2D eigenvalue weighted by Gasteiger charge is 2.19. The molecule has 3 aromatic carbocycles. The second-order valence-electron chi connectivity index (χ2n) is 6.13. The van der Waals surface area contributed by atoms with E-state index >= 15 is 0 Å². The van der Waals surface area contributed by atoms with Crippen LogP contribution in [-0.2, 0) is 0 Å². The second-order valence-corrected chi connectivity index (χ2v) is 6.13. The van der Waals surface area contributed by atoms with Crippen LogP contribution in [0.15, 0.2) is 78.9 Å². The summed E-state index contributed by atoms with van der Waals surface area (Å²) in [7, 11) is 0. The molecular formula is C23H16N2O2. The molecule has 1 heterocycles. The molecular weight excluding hydrogens is 336 g/mol. The molecule has 0 saturated heterocycles. The third-order valence-corrected chi connectivity index (χ3v) is 4.40. The monoisotopic (exact) mass is 352 g/mol. The summed E-state index contributed by atoms with van der Waals surface area (Å²) < 4.78 is 5.66. The van der Waals surface area contributed by atoms with Crippen LogP contribution in [0.2, 0.25) is 0 Å². The summed E-state index contributed by atoms with van der Waals surface area (Å²) in [5.41, 5.74) is 3.85. The molecule has 0 unspecified atom stereocenters. The van der Waals surface area contributed by atoms with E-state index in [-0.39, 0.29) is 12.4 Å². The molecule has 0 aliphatic carbocycles. The number of Topliss-reactive ketones (excluding diaryl/α,β-unsaturated/α-hetero) is 1. The molecule has 0 aliphatic rings. The predicted molar refractivity (Wildman–Crippen MR) is 105 cm³/mol. The smallest absolute Gasteiger partial charge is 0.202 e. The highest BCUT2D eigenvalue weighted by molar-refractivity contribution is 6.13. The van der Waals surface area contributed by atoms with Gasteiger partial charge < -0.3 is 9.72 Å². The lowest BCUT2D eigenvalue weighted by molar-refractivity contribution is 0.0924. The van der Waals surface area contributed by atoms with Crippen LogP contribution >= 0.6 is 0 Å². The second kappa shape index (κ2) is 7.19. The SMILES string of the molecule is N#Cc1ccc(OCC(=O)c2c(-c3ccccc3)[nH]c3ccccc23)cc1. The summed E-state index contributed by atoms with van der Waals surface area (Å²) in [4.78, 5) is 16.4. The lowest BCUT2D eigenvalue weighted by Crippen LogP contribution is -2.12. The van der Waals surface area contributed by atoms with E-state index in [1.807, 2.05) is 54.6 Å². The molecule has 27 heavy (non-hydrogen) atoms. The summed E-state index contributed by atoms with van der Waals surface area (Å²) in [5.74, 6) is 0.458. The fraction of sp³-hybridized carbons (Fsp3) is 0.0435. The zero-order chi connectivity index (χ0) is 18.6. The average molecular weight is 352 g/mol. The van der Waals surface area contributed by atoms with Gasteiger partial charge in [0, 0.05) is 10.9 Å². The largest absolute Gasteiger partial charge is 0.485 e. The number of benzene rings is 3. The molecule has 0 amide bonds. The molecule has 4 nitrogen and oxygen atoms in total. The fourth-order valence-corrected chi connectivity index (χ4v) is 3.10. The van der Waals surface area contributed by atoms with Gasteiger partial charge >= 0.3 is 0 Å². The Balaban J connectivity index is 1.67. The van der Waals surface area contributed by atoms with Gasteiger partial charge in [0.2, 0.25) is 5.78 Å². The first-order valence-electron chi connectivity index (χ1n) is 8.58. The Labute approximate surface area is 156 Å². The Kier molecular flexibility index (Phi) is 4.42. The molecule has 4 rings (SSSR count). The van der Waals surface area contributed by atoms with Gasteiger partial charge in [-0.1, -0.05) is 48.5 Å². The summed E-state index contributed by atoms with van der Waals surface area (Å²) in [5, 5.41) is 9.74. The first kappa shape index (κ1) is 16.6. The van der Waals surface area contributed by atoms with E-state index < -0.39 is 0 Å². The maximum Gasteiger partial charge on any atom is 0.202 e. The summed E-state index contributed by atoms with van der Waals surface area (Å²) in [6.45, 7) is -0.0758. The maximum absolute atomic E-state index is 13.0. The van der Waals surface area contributed by atoms with Crippen LogP contribution in [-0.4, -0.2) is 17.4 Å². The van der Waals surface area contributed by atoms with Crippen LogP contribution in [0.3, 0.4) is 0 Å². The topological polar surface area (TPSA) is 65.9 Å². The van der Waals surface area contributed by atoms with Crippen molar-refractivity contribution in [2.75, 3.05) is 6.61 Å². The Morgan fingerprint density at radius 2 is 1.63 bits per heavy atom. The normalized spacial score (nSPS) is 10.5. The average Bonchev–Trinajstić information content (AvgIpc) is 3.13. The first-order valence-corrected chi connectivity index (χ1v) is 8.58. The molecule has 1 aromatic heterocycles. The Morgan fingerprint density at radius 3 is 2.37 bits per heavy atom. The van der Waals surface area contributed by atoms with Gasteiger partial charge in [0.05, 0.1) is 22.9 Å². The highest BCUT2D eigenvalue weighted by atomic mass is 16.5. The molecule has 0 bridgehead atoms. The Bertz CT molecular complexity index is 1140. The quantitative estimate of drug-likeness (QED) is 0.516. The number of para-hydroxylation sites is 1. The fourth-order valence-electron chi connectivity index (χ4n) is 3.10. The first-order chi connectivity index (χ1) is 13.3. The number of aromatic amines is 1. The van der Waals surface area contributed by atoms with Gasteiger partial charge in [0.15, 0.2) is 6.61 Å². The van der Waals surface area contributed by atoms with E-state index in [1.165, 1.54) is 0 Å². The van der Waals surface area contributed by atoms with E-state index in [2.05, 4.69) is 11.1 Å². The summed E-state index contributed by atoms with van der Waals surface area (Å²) in [6.07, 6.45) is 0. The van der Waals surface area contributed by atoms with Gasteiger partial charge in [-0.15, -0.1) is 0 Å². The van der Waals surface area contributed by atoms with Crippen molar-refractivity contribution in [3.63, 3.8) is 0 Å². The number of carbonyl (C=O) groups excluding carboxylic acids is 1. The molecule has 1 N–H and O–H groups in total. The molecule has 0 saturated carbocycles. The van der Waals surface area contributed by atoms with Crippen LogP contribution in [0.4, 0.5) is 0 Å². The molecule has 0 radical (unpaired) electrons. The number of ether oxygens (including phenoxy) is 1. The number of hydrogen-bond acceptors (Lipinski definition) is 3. The molecule has 0 spiro atoms. The van der Waals surface area contributed by atoms with Crippen molar-refractivity contribution in [3.8, 4) is 23.1 Å². The summed E-state index contributed by atoms with van der Waals surface area (Å²) in [6, 6.07) is 26.3. The predicted octanol–water partition coefficient (Wildman–Crippen LogP) is 4.97. The van der Waals surface area contributed by atoms with E-state index in [1.54, 1.807) is 24.3 Å². The lowest BCUT2D eigenvalue weighted by atomic mass is 10.0. The van der Waals surface area contributed by atoms with Gasteiger partial charge in [0.25, 0.3) is 0 Å². The number of nitriles is 1. The third kappa shape index (κ3) is 3.31. The molecule has 4 aromatic rings. The minimum absolute atomic E-state index is 0.0758. The lowest BCUT2D eigenvalue weighted by Gasteiger charge is -2.07. The van der Waals surface area contributed by atoms with Gasteiger partial charge in [-0.25, -0.2) is 0 Å². The standard InChI is InChI=1S/C23H16N2O2/c24-14-16-10-12-18(13-11-16)27-15-21(26)22-19-8-4-5-9-20(19)25-23(22)17-6-2-1-3-7-17/h1-13,25H,15H2. The van der Waals surface area contributed by atoms with Crippen LogP contribution in [0.5, 0.6) is 5.75 Å². The van der Waals surface area contributed by atoms with Gasteiger partial charge in [-0.2, -0.15) is 5.26 Å². The zero-order valence-corrected chi connectivity index (χ0v) is 14.5. The highest BCUT2D eigenvalue weighted by Crippen LogP contribution is 2.30. The Hall–Kier alpha value is -3.84. The number of nitrogens with one attached hydrogen (secondary N) is 1. The number of hydrogen-bond donors (Lipinski definition) is 1. The van der Waals surface area contributed by atoms with Gasteiger partial charge in [-0.3, -0.25) is 4.79 Å². The maximum atomic E-state index is 13.0. The zero-order valence-electron chi connectivity index (χ0n) is 14.5. The van der Waals surface area contributed by atoms with E-state index in [0.717, 1.165) is 22.2 Å². The van der Waals surface area contributed by atoms with Gasteiger partial charge in [0.1, 0.15) is 5.75 Å². The number of nitrogens with zero attached hydrogens (tertiary/aromatic N) is 1. The van der Waals surface area contributed by atoms with Crippen molar-refractivity contribution in [2.24, 2.45) is 0 Å². The molecule has 130 valence electrons. The third-order valence-electron chi connectivity index (χ3n) is 4.40. The van der Waals surface area contributed by atoms with Crippen molar-refractivity contribution in [2.45, 2.75) is 0 Å².